The van der Waals surface area contributed by atoms with Gasteiger partial charge in [0.2, 0.25) is 0 Å². The van der Waals surface area contributed by atoms with Crippen molar-refractivity contribution in [2.24, 2.45) is 0 Å². The average molecular weight is 241 g/mol. The van der Waals surface area contributed by atoms with E-state index < -0.39 is 11.7 Å². The number of esters is 1. The van der Waals surface area contributed by atoms with Gasteiger partial charge in [0.15, 0.2) is 6.10 Å². The number of ether oxygens (including phenoxy) is 2. The van der Waals surface area contributed by atoms with Gasteiger partial charge in [-0.3, -0.25) is 0 Å². The summed E-state index contributed by atoms with van der Waals surface area (Å²) in [7, 11) is 0. The molecule has 0 aromatic heterocycles. The summed E-state index contributed by atoms with van der Waals surface area (Å²) in [6.07, 6.45) is -0.508. The molecule has 1 aromatic rings. The third-order valence-corrected chi connectivity index (χ3v) is 2.94. The lowest BCUT2D eigenvalue weighted by Gasteiger charge is -2.06. The molecule has 0 amide bonds. The van der Waals surface area contributed by atoms with Gasteiger partial charge in [-0.25, -0.2) is 4.79 Å². The minimum absolute atomic E-state index is 0.315. The maximum atomic E-state index is 11.5. The Morgan fingerprint density at radius 2 is 2.38 bits per heavy atom. The van der Waals surface area contributed by atoms with Crippen molar-refractivity contribution in [2.75, 3.05) is 6.61 Å². The third kappa shape index (κ3) is 1.93. The molecule has 0 bridgehead atoms. The lowest BCUT2D eigenvalue weighted by Crippen LogP contribution is -2.18. The number of halogens is 1. The first kappa shape index (κ1) is 11.4. The van der Waals surface area contributed by atoms with Crippen LogP contribution in [0.15, 0.2) is 24.3 Å². The van der Waals surface area contributed by atoms with E-state index in [1.807, 2.05) is 19.1 Å². The second-order valence-electron chi connectivity index (χ2n) is 3.87. The van der Waals surface area contributed by atoms with E-state index in [2.05, 4.69) is 0 Å². The van der Waals surface area contributed by atoms with Gasteiger partial charge in [0.05, 0.1) is 6.61 Å². The molecule has 1 aliphatic heterocycles. The number of hydrogen-bond donors (Lipinski definition) is 0. The van der Waals surface area contributed by atoms with Crippen molar-refractivity contribution in [1.82, 2.24) is 0 Å². The van der Waals surface area contributed by atoms with Crippen LogP contribution in [0.5, 0.6) is 0 Å². The molecule has 4 heteroatoms. The number of rotatable bonds is 3. The maximum Gasteiger partial charge on any atom is 0.338 e. The molecular formula is C12H13ClO3. The Bertz CT molecular complexity index is 418. The lowest BCUT2D eigenvalue weighted by atomic mass is 9.97. The van der Waals surface area contributed by atoms with Gasteiger partial charge in [-0.05, 0) is 31.5 Å². The molecule has 0 aliphatic carbocycles. The van der Waals surface area contributed by atoms with E-state index in [0.29, 0.717) is 11.6 Å². The van der Waals surface area contributed by atoms with Gasteiger partial charge in [-0.15, -0.1) is 0 Å². The van der Waals surface area contributed by atoms with Crippen LogP contribution in [0.3, 0.4) is 0 Å². The second-order valence-corrected chi connectivity index (χ2v) is 4.30. The van der Waals surface area contributed by atoms with Crippen LogP contribution in [-0.4, -0.2) is 18.7 Å². The zero-order chi connectivity index (χ0) is 11.8. The van der Waals surface area contributed by atoms with Gasteiger partial charge < -0.3 is 9.47 Å². The molecule has 0 radical (unpaired) electrons. The van der Waals surface area contributed by atoms with E-state index in [9.17, 15) is 4.79 Å². The SMILES string of the molecule is CCOC(=O)C1OC1(C)c1cccc(Cl)c1. The van der Waals surface area contributed by atoms with Crippen molar-refractivity contribution < 1.29 is 14.3 Å². The van der Waals surface area contributed by atoms with Crippen LogP contribution >= 0.6 is 11.6 Å². The normalized spacial score (nSPS) is 27.6. The Morgan fingerprint density at radius 3 is 3.00 bits per heavy atom. The van der Waals surface area contributed by atoms with Crippen LogP contribution in [0.2, 0.25) is 5.02 Å². The number of benzene rings is 1. The van der Waals surface area contributed by atoms with Gasteiger partial charge in [0.1, 0.15) is 5.60 Å². The maximum absolute atomic E-state index is 11.5. The molecule has 1 saturated heterocycles. The monoisotopic (exact) mass is 240 g/mol. The van der Waals surface area contributed by atoms with E-state index in [0.717, 1.165) is 5.56 Å². The molecule has 0 spiro atoms. The van der Waals surface area contributed by atoms with Crippen LogP contribution in [-0.2, 0) is 19.9 Å². The average Bonchev–Trinajstić information content (AvgIpc) is 2.93. The highest BCUT2D eigenvalue weighted by atomic mass is 35.5. The first-order chi connectivity index (χ1) is 7.58. The van der Waals surface area contributed by atoms with Gasteiger partial charge >= 0.3 is 5.97 Å². The molecule has 2 rings (SSSR count). The number of epoxide rings is 1. The molecule has 2 atom stereocenters. The fourth-order valence-electron chi connectivity index (χ4n) is 1.72. The largest absolute Gasteiger partial charge is 0.464 e. The summed E-state index contributed by atoms with van der Waals surface area (Å²) in [4.78, 5) is 11.5. The van der Waals surface area contributed by atoms with E-state index in [1.165, 1.54) is 0 Å². The number of carbonyl (C=O) groups excluding carboxylic acids is 1. The Morgan fingerprint density at radius 1 is 1.62 bits per heavy atom. The fraction of sp³-hybridized carbons (Fsp3) is 0.417. The molecule has 1 fully saturated rings. The molecule has 1 aliphatic rings. The summed E-state index contributed by atoms with van der Waals surface area (Å²) >= 11 is 5.90. The predicted molar refractivity (Wildman–Crippen MR) is 60.3 cm³/mol. The summed E-state index contributed by atoms with van der Waals surface area (Å²) in [6.45, 7) is 4.00. The molecular weight excluding hydrogens is 228 g/mol. The lowest BCUT2D eigenvalue weighted by molar-refractivity contribution is -0.144. The van der Waals surface area contributed by atoms with Crippen LogP contribution in [0, 0.1) is 0 Å². The Kier molecular flexibility index (Phi) is 2.91. The van der Waals surface area contributed by atoms with Crippen molar-refractivity contribution in [1.29, 1.82) is 0 Å². The van der Waals surface area contributed by atoms with Crippen molar-refractivity contribution >= 4 is 17.6 Å². The zero-order valence-electron chi connectivity index (χ0n) is 9.20. The second kappa shape index (κ2) is 4.07. The Balaban J connectivity index is 2.15. The zero-order valence-corrected chi connectivity index (χ0v) is 9.95. The van der Waals surface area contributed by atoms with Gasteiger partial charge in [-0.1, -0.05) is 23.7 Å². The molecule has 16 heavy (non-hydrogen) atoms. The van der Waals surface area contributed by atoms with Crippen LogP contribution in [0.1, 0.15) is 19.4 Å². The molecule has 0 saturated carbocycles. The summed E-state index contributed by atoms with van der Waals surface area (Å²) in [6, 6.07) is 7.33. The summed E-state index contributed by atoms with van der Waals surface area (Å²) < 4.78 is 10.3. The first-order valence-corrected chi connectivity index (χ1v) is 5.56. The van der Waals surface area contributed by atoms with Crippen molar-refractivity contribution in [3.63, 3.8) is 0 Å². The highest BCUT2D eigenvalue weighted by Crippen LogP contribution is 2.46. The number of carbonyl (C=O) groups is 1. The highest BCUT2D eigenvalue weighted by molar-refractivity contribution is 6.30. The van der Waals surface area contributed by atoms with Gasteiger partial charge in [0, 0.05) is 5.02 Å². The minimum Gasteiger partial charge on any atom is -0.464 e. The van der Waals surface area contributed by atoms with Gasteiger partial charge in [-0.2, -0.15) is 0 Å². The molecule has 86 valence electrons. The molecule has 0 N–H and O–H groups in total. The summed E-state index contributed by atoms with van der Waals surface area (Å²) in [5, 5.41) is 0.636. The van der Waals surface area contributed by atoms with Gasteiger partial charge in [0.25, 0.3) is 0 Å². The first-order valence-electron chi connectivity index (χ1n) is 5.18. The topological polar surface area (TPSA) is 38.8 Å². The Labute approximate surface area is 99.3 Å². The molecule has 3 nitrogen and oxygen atoms in total. The third-order valence-electron chi connectivity index (χ3n) is 2.70. The smallest absolute Gasteiger partial charge is 0.338 e. The summed E-state index contributed by atoms with van der Waals surface area (Å²) in [5.41, 5.74) is 0.315. The van der Waals surface area contributed by atoms with E-state index >= 15 is 0 Å². The molecule has 1 heterocycles. The summed E-state index contributed by atoms with van der Waals surface area (Å²) in [5.74, 6) is -0.315. The van der Waals surface area contributed by atoms with Crippen molar-refractivity contribution in [2.45, 2.75) is 25.6 Å². The Hall–Kier alpha value is -1.06. The van der Waals surface area contributed by atoms with E-state index in [1.54, 1.807) is 19.1 Å². The number of hydrogen-bond acceptors (Lipinski definition) is 3. The fourth-order valence-corrected chi connectivity index (χ4v) is 1.91. The van der Waals surface area contributed by atoms with Crippen LogP contribution in [0.25, 0.3) is 0 Å². The quantitative estimate of drug-likeness (QED) is 0.602. The van der Waals surface area contributed by atoms with E-state index in [4.69, 9.17) is 21.1 Å². The van der Waals surface area contributed by atoms with Crippen molar-refractivity contribution in [3.8, 4) is 0 Å². The van der Waals surface area contributed by atoms with Crippen LogP contribution < -0.4 is 0 Å². The highest BCUT2D eigenvalue weighted by Gasteiger charge is 2.59. The predicted octanol–water partition coefficient (Wildman–Crippen LogP) is 2.52. The van der Waals surface area contributed by atoms with Crippen LogP contribution in [0.4, 0.5) is 0 Å². The standard InChI is InChI=1S/C12H13ClO3/c1-3-15-11(14)10-12(2,16-10)8-5-4-6-9(13)7-8/h4-7,10H,3H2,1-2H3. The minimum atomic E-state index is -0.586. The molecule has 1 aromatic carbocycles. The van der Waals surface area contributed by atoms with E-state index in [-0.39, 0.29) is 5.97 Å². The van der Waals surface area contributed by atoms with Crippen molar-refractivity contribution in [3.05, 3.63) is 34.9 Å². The molecule has 2 unspecified atom stereocenters.